The number of benzene rings is 6. The van der Waals surface area contributed by atoms with Crippen molar-refractivity contribution < 1.29 is 14.2 Å². The van der Waals surface area contributed by atoms with Crippen molar-refractivity contribution in [2.45, 2.75) is 27.2 Å². The summed E-state index contributed by atoms with van der Waals surface area (Å²) in [5, 5.41) is 0.509. The van der Waals surface area contributed by atoms with Crippen LogP contribution in [0.2, 0.25) is 5.02 Å². The van der Waals surface area contributed by atoms with Crippen molar-refractivity contribution in [3.8, 4) is 17.2 Å². The molecule has 59 heavy (non-hydrogen) atoms. The van der Waals surface area contributed by atoms with Gasteiger partial charge in [-0.05, 0) is 123 Å². The van der Waals surface area contributed by atoms with Gasteiger partial charge < -0.3 is 83.0 Å². The van der Waals surface area contributed by atoms with Crippen LogP contribution in [0.25, 0.3) is 0 Å². The van der Waals surface area contributed by atoms with E-state index in [-0.39, 0.29) is 0 Å². The molecule has 0 aliphatic rings. The third-order valence-electron chi connectivity index (χ3n) is 7.35. The highest BCUT2D eigenvalue weighted by Gasteiger charge is 2.00. The lowest BCUT2D eigenvalue weighted by Gasteiger charge is -2.07. The highest BCUT2D eigenvalue weighted by atomic mass is 35.5. The third-order valence-corrected chi connectivity index (χ3v) is 7.68. The molecule has 318 valence electrons. The maximum Gasteiger partial charge on any atom is 0.144 e. The predicted molar refractivity (Wildman–Crippen MR) is 255 cm³/mol. The zero-order valence-corrected chi connectivity index (χ0v) is 34.9. The number of nitrogen functional groups attached to an aromatic ring is 12. The van der Waals surface area contributed by atoms with Crippen LogP contribution in [0.5, 0.6) is 17.2 Å². The largest absolute Gasteiger partial charge is 0.495 e. The molecule has 6 aromatic rings. The fraction of sp³-hybridized carbons (Fsp3) is 0.163. The van der Waals surface area contributed by atoms with Crippen molar-refractivity contribution in [2.24, 2.45) is 0 Å². The smallest absolute Gasteiger partial charge is 0.144 e. The van der Waals surface area contributed by atoms with Crippen LogP contribution in [0.1, 0.15) is 25.8 Å². The van der Waals surface area contributed by atoms with E-state index in [2.05, 4.69) is 0 Å². The zero-order chi connectivity index (χ0) is 44.5. The standard InChI is InChI=1S/C9H14N2O.C8H12N2O.C7H10N2O.C7H10N2.C6H7ClN2.C6H8N2/c1-2-5-12-9-6-7(10)3-4-8(9)11;1-2-11-8-5-6(9)3-4-7(8)10;1-10-7-4-5(8)2-3-6(7)9;1-5-4-6(8)2-3-7(5)9;7-5-3-4(8)1-2-6(5)9;7-5-1-2-6(8)4-3-5/h3-4,6H,2,5,10-11H2,1H3;3-5H,2,9-10H2,1H3;2-4H,8-9H2,1H3;2-4H,8-9H2,1H3;1-3H,8-9H2;1-4H,7-8H2. The second-order valence-corrected chi connectivity index (χ2v) is 12.8. The minimum Gasteiger partial charge on any atom is -0.495 e. The Hall–Kier alpha value is -7.39. The van der Waals surface area contributed by atoms with Crippen molar-refractivity contribution >= 4 is 79.8 Å². The van der Waals surface area contributed by atoms with Gasteiger partial charge in [-0.25, -0.2) is 0 Å². The Labute approximate surface area is 352 Å². The summed E-state index contributed by atoms with van der Waals surface area (Å²) in [7, 11) is 1.56. The van der Waals surface area contributed by atoms with Crippen LogP contribution >= 0.6 is 11.6 Å². The van der Waals surface area contributed by atoms with Crippen molar-refractivity contribution in [3.05, 3.63) is 126 Å². The van der Waals surface area contributed by atoms with Gasteiger partial charge in [-0.3, -0.25) is 0 Å². The van der Waals surface area contributed by atoms with Crippen LogP contribution in [0.3, 0.4) is 0 Å². The number of aryl methyl sites for hydroxylation is 1. The van der Waals surface area contributed by atoms with Gasteiger partial charge in [-0.1, -0.05) is 18.5 Å². The topological polar surface area (TPSA) is 340 Å². The van der Waals surface area contributed by atoms with Crippen molar-refractivity contribution in [1.29, 1.82) is 0 Å². The molecule has 6 aromatic carbocycles. The summed E-state index contributed by atoms with van der Waals surface area (Å²) in [6, 6.07) is 33.2. The molecular formula is C43H61ClN12O3. The first kappa shape index (κ1) is 49.6. The fourth-order valence-electron chi connectivity index (χ4n) is 4.19. The molecule has 0 bridgehead atoms. The number of ether oxygens (including phenoxy) is 3. The molecule has 0 radical (unpaired) electrons. The molecule has 0 amide bonds. The maximum absolute atomic E-state index is 5.65. The summed E-state index contributed by atoms with van der Waals surface area (Å²) >= 11 is 5.61. The molecule has 0 aliphatic carbocycles. The lowest BCUT2D eigenvalue weighted by Crippen LogP contribution is -1.99. The van der Waals surface area contributed by atoms with Crippen LogP contribution in [0, 0.1) is 6.92 Å². The first-order valence-electron chi connectivity index (χ1n) is 18.2. The van der Waals surface area contributed by atoms with E-state index in [0.29, 0.717) is 81.0 Å². The lowest BCUT2D eigenvalue weighted by atomic mass is 10.2. The van der Waals surface area contributed by atoms with Gasteiger partial charge in [-0.15, -0.1) is 0 Å². The molecule has 0 aliphatic heterocycles. The lowest BCUT2D eigenvalue weighted by molar-refractivity contribution is 0.319. The van der Waals surface area contributed by atoms with Crippen LogP contribution in [0.4, 0.5) is 68.2 Å². The van der Waals surface area contributed by atoms with Crippen LogP contribution in [0.15, 0.2) is 115 Å². The molecule has 0 fully saturated rings. The van der Waals surface area contributed by atoms with E-state index in [4.69, 9.17) is 94.6 Å². The highest BCUT2D eigenvalue weighted by Crippen LogP contribution is 2.25. The number of rotatable bonds is 6. The Morgan fingerprint density at radius 1 is 0.407 bits per heavy atom. The number of hydrogen-bond donors (Lipinski definition) is 12. The van der Waals surface area contributed by atoms with Gasteiger partial charge in [0.25, 0.3) is 0 Å². The average Bonchev–Trinajstić information content (AvgIpc) is 3.20. The highest BCUT2D eigenvalue weighted by molar-refractivity contribution is 6.33. The number of halogens is 1. The molecule has 0 spiro atoms. The average molecular weight is 829 g/mol. The van der Waals surface area contributed by atoms with Crippen LogP contribution in [-0.2, 0) is 0 Å². The molecule has 0 atom stereocenters. The second kappa shape index (κ2) is 26.5. The first-order chi connectivity index (χ1) is 27.9. The Morgan fingerprint density at radius 3 is 1.08 bits per heavy atom. The van der Waals surface area contributed by atoms with E-state index in [1.807, 2.05) is 32.9 Å². The molecule has 0 saturated heterocycles. The Morgan fingerprint density at radius 2 is 0.746 bits per heavy atom. The minimum absolute atomic E-state index is 0.509. The van der Waals surface area contributed by atoms with Gasteiger partial charge in [0, 0.05) is 63.7 Å². The molecule has 24 N–H and O–H groups in total. The van der Waals surface area contributed by atoms with Gasteiger partial charge in [-0.2, -0.15) is 0 Å². The molecule has 6 rings (SSSR count). The van der Waals surface area contributed by atoms with Gasteiger partial charge in [0.2, 0.25) is 0 Å². The SMILES string of the molecule is CCCOc1cc(N)ccc1N.CCOc1cc(N)ccc1N.COc1cc(N)ccc1N.Cc1cc(N)ccc1N.Nc1ccc(N)c(Cl)c1.Nc1ccc(N)cc1. The number of methoxy groups -OCH3 is 1. The number of nitrogens with two attached hydrogens (primary N) is 12. The fourth-order valence-corrected chi connectivity index (χ4v) is 4.37. The normalized spacial score (nSPS) is 9.44. The molecule has 15 nitrogen and oxygen atoms in total. The summed E-state index contributed by atoms with van der Waals surface area (Å²) in [6.07, 6.45) is 0.967. The maximum atomic E-state index is 5.65. The molecule has 0 unspecified atom stereocenters. The van der Waals surface area contributed by atoms with E-state index in [1.54, 1.807) is 110 Å². The molecule has 16 heteroatoms. The van der Waals surface area contributed by atoms with E-state index < -0.39 is 0 Å². The third kappa shape index (κ3) is 20.4. The first-order valence-corrected chi connectivity index (χ1v) is 18.6. The molecule has 0 aromatic heterocycles. The van der Waals surface area contributed by atoms with Crippen molar-refractivity contribution in [3.63, 3.8) is 0 Å². The summed E-state index contributed by atoms with van der Waals surface area (Å²) < 4.78 is 15.5. The zero-order valence-electron chi connectivity index (χ0n) is 34.1. The molecule has 0 heterocycles. The Kier molecular flexibility index (Phi) is 22.3. The van der Waals surface area contributed by atoms with Gasteiger partial charge >= 0.3 is 0 Å². The van der Waals surface area contributed by atoms with Crippen molar-refractivity contribution in [1.82, 2.24) is 0 Å². The van der Waals surface area contributed by atoms with Crippen LogP contribution in [-0.4, -0.2) is 20.3 Å². The van der Waals surface area contributed by atoms with Gasteiger partial charge in [0.15, 0.2) is 0 Å². The van der Waals surface area contributed by atoms with Gasteiger partial charge in [0.1, 0.15) is 17.2 Å². The summed E-state index contributed by atoms with van der Waals surface area (Å²) in [5.74, 6) is 1.96. The Balaban J connectivity index is 0.000000356. The minimum atomic E-state index is 0.509. The number of anilines is 12. The Bertz CT molecular complexity index is 2070. The van der Waals surface area contributed by atoms with Crippen molar-refractivity contribution in [2.75, 3.05) is 89.1 Å². The summed E-state index contributed by atoms with van der Waals surface area (Å²) in [6.45, 7) is 7.16. The summed E-state index contributed by atoms with van der Waals surface area (Å²) in [4.78, 5) is 0. The number of hydrogen-bond acceptors (Lipinski definition) is 15. The van der Waals surface area contributed by atoms with E-state index in [1.165, 1.54) is 0 Å². The predicted octanol–water partition coefficient (Wildman–Crippen LogP) is 7.26. The van der Waals surface area contributed by atoms with E-state index in [0.717, 1.165) is 34.7 Å². The van der Waals surface area contributed by atoms with E-state index in [9.17, 15) is 0 Å². The monoisotopic (exact) mass is 828 g/mol. The molecular weight excluding hydrogens is 768 g/mol. The van der Waals surface area contributed by atoms with E-state index >= 15 is 0 Å². The second-order valence-electron chi connectivity index (χ2n) is 12.4. The molecule has 0 saturated carbocycles. The quantitative estimate of drug-likeness (QED) is 0.0735. The van der Waals surface area contributed by atoms with Crippen LogP contribution < -0.4 is 83.0 Å². The van der Waals surface area contributed by atoms with Gasteiger partial charge in [0.05, 0.1) is 48.1 Å². The summed E-state index contributed by atoms with van der Waals surface area (Å²) in [5.41, 5.74) is 75.0.